The quantitative estimate of drug-likeness (QED) is 0.584. The van der Waals surface area contributed by atoms with E-state index in [4.69, 9.17) is 10.4 Å². The van der Waals surface area contributed by atoms with Crippen LogP contribution in [-0.4, -0.2) is 42.9 Å². The Morgan fingerprint density at radius 1 is 1.47 bits per heavy atom. The summed E-state index contributed by atoms with van der Waals surface area (Å²) in [7, 11) is -3.59. The smallest absolute Gasteiger partial charge is 0.327 e. The van der Waals surface area contributed by atoms with Crippen molar-refractivity contribution in [2.75, 3.05) is 11.5 Å². The molecule has 0 fully saturated rings. The highest BCUT2D eigenvalue weighted by atomic mass is 32.2. The van der Waals surface area contributed by atoms with E-state index in [-0.39, 0.29) is 18.6 Å². The number of rotatable bonds is 7. The summed E-state index contributed by atoms with van der Waals surface area (Å²) < 4.78 is 23.0. The Morgan fingerprint density at radius 3 is 2.47 bits per heavy atom. The van der Waals surface area contributed by atoms with E-state index in [1.165, 1.54) is 0 Å². The Bertz CT molecular complexity index is 423. The molecule has 0 saturated heterocycles. The monoisotopic (exact) mass is 262 g/mol. The summed E-state index contributed by atoms with van der Waals surface area (Å²) >= 11 is 0. The predicted molar refractivity (Wildman–Crippen MR) is 58.7 cm³/mol. The maximum atomic E-state index is 11.5. The van der Waals surface area contributed by atoms with Gasteiger partial charge >= 0.3 is 5.97 Å². The number of aliphatic carboxylic acids is 1. The Hall–Kier alpha value is -1.62. The highest BCUT2D eigenvalue weighted by Gasteiger charge is 2.25. The summed E-state index contributed by atoms with van der Waals surface area (Å²) in [5.74, 6) is -2.93. The van der Waals surface area contributed by atoms with Crippen LogP contribution < -0.4 is 5.32 Å². The fourth-order valence-corrected chi connectivity index (χ4v) is 2.61. The summed E-state index contributed by atoms with van der Waals surface area (Å²) in [6, 6.07) is 0.353. The van der Waals surface area contributed by atoms with Crippen molar-refractivity contribution in [2.24, 2.45) is 0 Å². The third kappa shape index (κ3) is 7.30. The second-order valence-electron chi connectivity index (χ2n) is 3.47. The SMILES string of the molecule is CC(=O)NC(CS(=O)(=O)CCCC#N)C(=O)O. The van der Waals surface area contributed by atoms with Gasteiger partial charge in [0.25, 0.3) is 0 Å². The van der Waals surface area contributed by atoms with Gasteiger partial charge in [0, 0.05) is 13.3 Å². The molecule has 0 spiro atoms. The number of nitrogens with one attached hydrogen (secondary N) is 1. The molecule has 7 nitrogen and oxygen atoms in total. The highest BCUT2D eigenvalue weighted by molar-refractivity contribution is 7.91. The largest absolute Gasteiger partial charge is 0.480 e. The standard InChI is InChI=1S/C9H14N2O5S/c1-7(12)11-8(9(13)14)6-17(15,16)5-3-2-4-10/h8H,2-3,5-6H2,1H3,(H,11,12)(H,13,14). The van der Waals surface area contributed by atoms with Crippen molar-refractivity contribution in [3.63, 3.8) is 0 Å². The summed E-state index contributed by atoms with van der Waals surface area (Å²) in [6.07, 6.45) is 0.252. The number of sulfone groups is 1. The topological polar surface area (TPSA) is 124 Å². The van der Waals surface area contributed by atoms with Gasteiger partial charge in [0.05, 0.1) is 17.6 Å². The molecule has 2 N–H and O–H groups in total. The van der Waals surface area contributed by atoms with Crippen LogP contribution in [0, 0.1) is 11.3 Å². The van der Waals surface area contributed by atoms with Crippen molar-refractivity contribution in [1.29, 1.82) is 5.26 Å². The molecule has 0 aromatic carbocycles. The van der Waals surface area contributed by atoms with Crippen LogP contribution in [0.3, 0.4) is 0 Å². The molecule has 0 aliphatic rings. The Labute approximate surface area is 99.3 Å². The molecule has 0 aliphatic carbocycles. The molecule has 17 heavy (non-hydrogen) atoms. The van der Waals surface area contributed by atoms with Crippen LogP contribution in [-0.2, 0) is 19.4 Å². The van der Waals surface area contributed by atoms with E-state index >= 15 is 0 Å². The molecule has 1 atom stereocenters. The first-order valence-electron chi connectivity index (χ1n) is 4.86. The van der Waals surface area contributed by atoms with E-state index in [0.29, 0.717) is 0 Å². The minimum atomic E-state index is -3.59. The fourth-order valence-electron chi connectivity index (χ4n) is 1.13. The second-order valence-corrected chi connectivity index (χ2v) is 5.70. The number of unbranched alkanes of at least 4 members (excludes halogenated alkanes) is 1. The lowest BCUT2D eigenvalue weighted by atomic mass is 10.3. The number of hydrogen-bond donors (Lipinski definition) is 2. The summed E-state index contributed by atoms with van der Waals surface area (Å²) in [5.41, 5.74) is 0. The molecule has 96 valence electrons. The zero-order valence-electron chi connectivity index (χ0n) is 9.34. The maximum absolute atomic E-state index is 11.5. The minimum Gasteiger partial charge on any atom is -0.480 e. The average Bonchev–Trinajstić information content (AvgIpc) is 2.15. The van der Waals surface area contributed by atoms with Crippen LogP contribution in [0.25, 0.3) is 0 Å². The van der Waals surface area contributed by atoms with Gasteiger partial charge in [-0.3, -0.25) is 4.79 Å². The van der Waals surface area contributed by atoms with E-state index in [1.54, 1.807) is 6.07 Å². The number of nitriles is 1. The molecule has 0 aromatic heterocycles. The van der Waals surface area contributed by atoms with Crippen molar-refractivity contribution >= 4 is 21.7 Å². The van der Waals surface area contributed by atoms with Gasteiger partial charge in [-0.2, -0.15) is 5.26 Å². The normalized spacial score (nSPS) is 12.5. The summed E-state index contributed by atoms with van der Waals surface area (Å²) in [4.78, 5) is 21.4. The van der Waals surface area contributed by atoms with Crippen LogP contribution in [0.5, 0.6) is 0 Å². The Balaban J connectivity index is 4.48. The average molecular weight is 262 g/mol. The van der Waals surface area contributed by atoms with Gasteiger partial charge in [0.1, 0.15) is 6.04 Å². The zero-order valence-corrected chi connectivity index (χ0v) is 10.2. The number of carboxylic acid groups (broad SMARTS) is 1. The lowest BCUT2D eigenvalue weighted by molar-refractivity contribution is -0.140. The Morgan fingerprint density at radius 2 is 2.06 bits per heavy atom. The lowest BCUT2D eigenvalue weighted by Gasteiger charge is -2.13. The minimum absolute atomic E-state index is 0.0944. The molecule has 1 amide bonds. The fraction of sp³-hybridized carbons (Fsp3) is 0.667. The van der Waals surface area contributed by atoms with Crippen molar-refractivity contribution in [1.82, 2.24) is 5.32 Å². The van der Waals surface area contributed by atoms with E-state index in [2.05, 4.69) is 0 Å². The Kier molecular flexibility index (Phi) is 6.20. The van der Waals surface area contributed by atoms with Crippen molar-refractivity contribution in [3.05, 3.63) is 0 Å². The van der Waals surface area contributed by atoms with E-state index in [9.17, 15) is 18.0 Å². The van der Waals surface area contributed by atoms with Crippen LogP contribution >= 0.6 is 0 Å². The molecule has 0 aliphatic heterocycles. The first-order valence-corrected chi connectivity index (χ1v) is 6.68. The third-order valence-corrected chi connectivity index (χ3v) is 3.59. The first-order chi connectivity index (χ1) is 7.78. The zero-order chi connectivity index (χ0) is 13.5. The molecule has 0 rings (SSSR count). The number of amides is 1. The number of carbonyl (C=O) groups is 2. The van der Waals surface area contributed by atoms with E-state index < -0.39 is 33.5 Å². The van der Waals surface area contributed by atoms with Crippen molar-refractivity contribution in [2.45, 2.75) is 25.8 Å². The van der Waals surface area contributed by atoms with Gasteiger partial charge in [-0.15, -0.1) is 0 Å². The van der Waals surface area contributed by atoms with Crippen molar-refractivity contribution < 1.29 is 23.1 Å². The first kappa shape index (κ1) is 15.4. The molecular weight excluding hydrogens is 248 g/mol. The molecule has 0 aromatic rings. The maximum Gasteiger partial charge on any atom is 0.327 e. The van der Waals surface area contributed by atoms with Crippen molar-refractivity contribution in [3.8, 4) is 6.07 Å². The summed E-state index contributed by atoms with van der Waals surface area (Å²) in [5, 5.41) is 19.0. The molecule has 1 unspecified atom stereocenters. The molecule has 0 bridgehead atoms. The van der Waals surface area contributed by atoms with Gasteiger partial charge in [-0.25, -0.2) is 13.2 Å². The molecule has 0 radical (unpaired) electrons. The number of hydrogen-bond acceptors (Lipinski definition) is 5. The molecule has 0 saturated carbocycles. The highest BCUT2D eigenvalue weighted by Crippen LogP contribution is 2.00. The van der Waals surface area contributed by atoms with Gasteiger partial charge in [0.15, 0.2) is 9.84 Å². The third-order valence-electron chi connectivity index (χ3n) is 1.84. The van der Waals surface area contributed by atoms with Gasteiger partial charge in [0.2, 0.25) is 5.91 Å². The molecule has 8 heteroatoms. The lowest BCUT2D eigenvalue weighted by Crippen LogP contribution is -2.44. The van der Waals surface area contributed by atoms with Gasteiger partial charge in [-0.1, -0.05) is 0 Å². The molecular formula is C9H14N2O5S. The number of carbonyl (C=O) groups excluding carboxylic acids is 1. The number of nitrogens with zero attached hydrogens (tertiary/aromatic N) is 1. The van der Waals surface area contributed by atoms with Gasteiger partial charge in [-0.05, 0) is 6.42 Å². The second kappa shape index (κ2) is 6.85. The van der Waals surface area contributed by atoms with Crippen LogP contribution in [0.4, 0.5) is 0 Å². The number of carboxylic acids is 1. The van der Waals surface area contributed by atoms with Crippen LogP contribution in [0.15, 0.2) is 0 Å². The van der Waals surface area contributed by atoms with Crippen LogP contribution in [0.1, 0.15) is 19.8 Å². The van der Waals surface area contributed by atoms with Crippen LogP contribution in [0.2, 0.25) is 0 Å². The van der Waals surface area contributed by atoms with E-state index in [1.807, 2.05) is 5.32 Å². The summed E-state index contributed by atoms with van der Waals surface area (Å²) in [6.45, 7) is 1.11. The predicted octanol–water partition coefficient (Wildman–Crippen LogP) is -0.706. The van der Waals surface area contributed by atoms with Gasteiger partial charge < -0.3 is 10.4 Å². The molecule has 0 heterocycles. The van der Waals surface area contributed by atoms with E-state index in [0.717, 1.165) is 6.92 Å².